The molecule has 2 rings (SSSR count). The molecule has 90 valence electrons. The van der Waals surface area contributed by atoms with Gasteiger partial charge in [-0.25, -0.2) is 0 Å². The van der Waals surface area contributed by atoms with Crippen molar-refractivity contribution in [3.05, 3.63) is 31.0 Å². The van der Waals surface area contributed by atoms with E-state index in [1.165, 1.54) is 3.57 Å². The lowest BCUT2D eigenvalue weighted by Crippen LogP contribution is -2.00. The Hall–Kier alpha value is -0.210. The Bertz CT molecular complexity index is 591. The number of hydrogen-bond donors (Lipinski definition) is 1. The van der Waals surface area contributed by atoms with Gasteiger partial charge in [-0.1, -0.05) is 22.9 Å². The molecular formula is C11H11BrIN3S. The second-order valence-corrected chi connectivity index (χ2v) is 6.11. The number of aromatic amines is 1. The first-order valence-electron chi connectivity index (χ1n) is 5.24. The van der Waals surface area contributed by atoms with Crippen LogP contribution in [0.25, 0.3) is 11.4 Å². The van der Waals surface area contributed by atoms with E-state index in [1.54, 1.807) is 0 Å². The minimum atomic E-state index is 0.674. The first-order valence-corrected chi connectivity index (χ1v) is 7.52. The van der Waals surface area contributed by atoms with Crippen LogP contribution < -0.4 is 0 Å². The fourth-order valence-corrected chi connectivity index (χ4v) is 2.76. The van der Waals surface area contributed by atoms with Gasteiger partial charge in [-0.3, -0.25) is 5.10 Å². The summed E-state index contributed by atoms with van der Waals surface area (Å²) in [5.74, 6) is 0.891. The maximum Gasteiger partial charge on any atom is 0.195 e. The van der Waals surface area contributed by atoms with Gasteiger partial charge in [-0.05, 0) is 59.4 Å². The molecule has 0 unspecified atom stereocenters. The summed E-state index contributed by atoms with van der Waals surface area (Å²) >= 11 is 11.1. The van der Waals surface area contributed by atoms with E-state index in [1.807, 2.05) is 10.6 Å². The zero-order chi connectivity index (χ0) is 12.4. The summed E-state index contributed by atoms with van der Waals surface area (Å²) in [6.45, 7) is 3.00. The Morgan fingerprint density at radius 1 is 1.53 bits per heavy atom. The van der Waals surface area contributed by atoms with E-state index in [2.05, 4.69) is 67.8 Å². The van der Waals surface area contributed by atoms with Crippen LogP contribution in [-0.4, -0.2) is 14.8 Å². The molecule has 3 nitrogen and oxygen atoms in total. The Kier molecular flexibility index (Phi) is 4.37. The van der Waals surface area contributed by atoms with Crippen LogP contribution in [0.4, 0.5) is 0 Å². The highest BCUT2D eigenvalue weighted by Gasteiger charge is 2.11. The largest absolute Gasteiger partial charge is 0.300 e. The molecule has 6 heteroatoms. The Morgan fingerprint density at radius 2 is 2.29 bits per heavy atom. The first kappa shape index (κ1) is 13.2. The van der Waals surface area contributed by atoms with Gasteiger partial charge in [-0.2, -0.15) is 5.10 Å². The van der Waals surface area contributed by atoms with E-state index >= 15 is 0 Å². The maximum absolute atomic E-state index is 5.24. The summed E-state index contributed by atoms with van der Waals surface area (Å²) in [6.07, 6.45) is 1.03. The lowest BCUT2D eigenvalue weighted by Gasteiger charge is -2.07. The van der Waals surface area contributed by atoms with Gasteiger partial charge in [0, 0.05) is 20.2 Å². The molecule has 1 heterocycles. The lowest BCUT2D eigenvalue weighted by atomic mass is 10.2. The summed E-state index contributed by atoms with van der Waals surface area (Å²) in [4.78, 5) is 0. The molecule has 0 aliphatic heterocycles. The third-order valence-electron chi connectivity index (χ3n) is 2.37. The summed E-state index contributed by atoms with van der Waals surface area (Å²) in [5.41, 5.74) is 1.07. The van der Waals surface area contributed by atoms with Crippen molar-refractivity contribution in [2.45, 2.75) is 19.9 Å². The van der Waals surface area contributed by atoms with Crippen molar-refractivity contribution in [2.24, 2.45) is 0 Å². The molecule has 0 atom stereocenters. The van der Waals surface area contributed by atoms with E-state index in [-0.39, 0.29) is 0 Å². The van der Waals surface area contributed by atoms with Crippen molar-refractivity contribution in [1.82, 2.24) is 14.8 Å². The Morgan fingerprint density at radius 3 is 3.00 bits per heavy atom. The molecule has 17 heavy (non-hydrogen) atoms. The van der Waals surface area contributed by atoms with Crippen LogP contribution in [0.5, 0.6) is 0 Å². The highest BCUT2D eigenvalue weighted by Crippen LogP contribution is 2.28. The fourth-order valence-electron chi connectivity index (χ4n) is 1.62. The summed E-state index contributed by atoms with van der Waals surface area (Å²) in [5, 5.41) is 7.18. The quantitative estimate of drug-likeness (QED) is 0.586. The van der Waals surface area contributed by atoms with E-state index < -0.39 is 0 Å². The number of hydrogen-bond acceptors (Lipinski definition) is 2. The predicted molar refractivity (Wildman–Crippen MR) is 83.6 cm³/mol. The molecule has 0 amide bonds. The number of aromatic nitrogens is 3. The second-order valence-electron chi connectivity index (χ2n) is 3.63. The number of halogens is 2. The van der Waals surface area contributed by atoms with Gasteiger partial charge in [-0.15, -0.1) is 0 Å². The van der Waals surface area contributed by atoms with Crippen LogP contribution in [0.3, 0.4) is 0 Å². The van der Waals surface area contributed by atoms with E-state index in [9.17, 15) is 0 Å². The SMILES string of the molecule is CCCn1c(-c2cc(I)ccc2Br)n[nH]c1=S. The summed E-state index contributed by atoms with van der Waals surface area (Å²) in [6, 6.07) is 6.19. The molecular weight excluding hydrogens is 413 g/mol. The molecule has 1 aromatic heterocycles. The van der Waals surface area contributed by atoms with E-state index in [0.717, 1.165) is 28.8 Å². The van der Waals surface area contributed by atoms with Gasteiger partial charge >= 0.3 is 0 Å². The number of rotatable bonds is 3. The Labute approximate surface area is 127 Å². The molecule has 0 aliphatic carbocycles. The van der Waals surface area contributed by atoms with Gasteiger partial charge in [0.15, 0.2) is 10.6 Å². The fraction of sp³-hybridized carbons (Fsp3) is 0.273. The van der Waals surface area contributed by atoms with Crippen molar-refractivity contribution in [3.63, 3.8) is 0 Å². The molecule has 0 saturated heterocycles. The van der Waals surface area contributed by atoms with Crippen LogP contribution in [0.15, 0.2) is 22.7 Å². The van der Waals surface area contributed by atoms with Gasteiger partial charge < -0.3 is 4.57 Å². The van der Waals surface area contributed by atoms with Gasteiger partial charge in [0.05, 0.1) is 0 Å². The monoisotopic (exact) mass is 423 g/mol. The minimum absolute atomic E-state index is 0.674. The molecule has 0 spiro atoms. The van der Waals surface area contributed by atoms with Crippen LogP contribution in [-0.2, 0) is 6.54 Å². The topological polar surface area (TPSA) is 33.6 Å². The van der Waals surface area contributed by atoms with Crippen molar-refractivity contribution in [3.8, 4) is 11.4 Å². The molecule has 0 radical (unpaired) electrons. The predicted octanol–water partition coefficient (Wildman–Crippen LogP) is 4.38. The number of benzene rings is 1. The molecule has 1 aromatic carbocycles. The number of nitrogens with one attached hydrogen (secondary N) is 1. The van der Waals surface area contributed by atoms with Crippen LogP contribution in [0.2, 0.25) is 0 Å². The highest BCUT2D eigenvalue weighted by atomic mass is 127. The summed E-state index contributed by atoms with van der Waals surface area (Å²) in [7, 11) is 0. The van der Waals surface area contributed by atoms with Crippen LogP contribution in [0, 0.1) is 8.34 Å². The first-order chi connectivity index (χ1) is 8.13. The van der Waals surface area contributed by atoms with Gasteiger partial charge in [0.25, 0.3) is 0 Å². The molecule has 0 saturated carbocycles. The van der Waals surface area contributed by atoms with Crippen molar-refractivity contribution in [2.75, 3.05) is 0 Å². The average molecular weight is 424 g/mol. The van der Waals surface area contributed by atoms with E-state index in [0.29, 0.717) is 4.77 Å². The van der Waals surface area contributed by atoms with E-state index in [4.69, 9.17) is 12.2 Å². The normalized spacial score (nSPS) is 10.8. The third-order valence-corrected chi connectivity index (χ3v) is 4.05. The van der Waals surface area contributed by atoms with Crippen molar-refractivity contribution < 1.29 is 0 Å². The Balaban J connectivity index is 2.60. The maximum atomic E-state index is 5.24. The second kappa shape index (κ2) is 5.62. The van der Waals surface area contributed by atoms with Gasteiger partial charge in [0.2, 0.25) is 0 Å². The van der Waals surface area contributed by atoms with Crippen LogP contribution >= 0.6 is 50.7 Å². The zero-order valence-electron chi connectivity index (χ0n) is 9.20. The molecule has 1 N–H and O–H groups in total. The third kappa shape index (κ3) is 2.79. The average Bonchev–Trinajstić information content (AvgIpc) is 2.65. The molecule has 0 fully saturated rings. The van der Waals surface area contributed by atoms with Crippen LogP contribution in [0.1, 0.15) is 13.3 Å². The minimum Gasteiger partial charge on any atom is -0.300 e. The standard InChI is InChI=1S/C11H11BrIN3S/c1-2-5-16-10(14-15-11(16)17)8-6-7(13)3-4-9(8)12/h3-4,6H,2,5H2,1H3,(H,15,17). The number of nitrogens with zero attached hydrogens (tertiary/aromatic N) is 2. The van der Waals surface area contributed by atoms with Gasteiger partial charge in [0.1, 0.15) is 0 Å². The molecule has 2 aromatic rings. The van der Waals surface area contributed by atoms with Crippen molar-refractivity contribution in [1.29, 1.82) is 0 Å². The lowest BCUT2D eigenvalue weighted by molar-refractivity contribution is 0.674. The zero-order valence-corrected chi connectivity index (χ0v) is 13.8. The molecule has 0 aliphatic rings. The summed E-state index contributed by atoms with van der Waals surface area (Å²) < 4.78 is 4.92. The highest BCUT2D eigenvalue weighted by molar-refractivity contribution is 14.1. The number of H-pyrrole nitrogens is 1. The molecule has 0 bridgehead atoms. The van der Waals surface area contributed by atoms with Crippen molar-refractivity contribution >= 4 is 50.7 Å². The smallest absolute Gasteiger partial charge is 0.195 e.